The molecule has 0 N–H and O–H groups in total. The molecule has 2 aliphatic carbocycles. The average molecular weight is 381 g/mol. The lowest BCUT2D eigenvalue weighted by Gasteiger charge is -2.22. The normalized spacial score (nSPS) is 25.1. The third-order valence-corrected chi connectivity index (χ3v) is 6.74. The highest BCUT2D eigenvalue weighted by Gasteiger charge is 2.24. The van der Waals surface area contributed by atoms with Crippen molar-refractivity contribution in [3.8, 4) is 0 Å². The molecule has 3 heteroatoms. The lowest BCUT2D eigenvalue weighted by Crippen LogP contribution is -2.12. The van der Waals surface area contributed by atoms with Gasteiger partial charge in [-0.15, -0.1) is 0 Å². The molecule has 0 unspecified atom stereocenters. The predicted molar refractivity (Wildman–Crippen MR) is 110 cm³/mol. The molecule has 0 aromatic rings. The van der Waals surface area contributed by atoms with Gasteiger partial charge in [0, 0.05) is 6.42 Å². The van der Waals surface area contributed by atoms with Gasteiger partial charge in [-0.25, -0.2) is 4.39 Å². The summed E-state index contributed by atoms with van der Waals surface area (Å²) >= 11 is 0. The Kier molecular flexibility index (Phi) is 11.1. The summed E-state index contributed by atoms with van der Waals surface area (Å²) in [6.07, 6.45) is 22.0. The molecule has 2 nitrogen and oxygen atoms in total. The van der Waals surface area contributed by atoms with E-state index in [1.165, 1.54) is 77.7 Å². The number of unbranched alkanes of at least 4 members (excludes halogenated alkanes) is 3. The molecule has 0 aliphatic heterocycles. The molecule has 0 bridgehead atoms. The Morgan fingerprint density at radius 1 is 1.04 bits per heavy atom. The minimum absolute atomic E-state index is 0.0920. The maximum atomic E-state index is 14.3. The van der Waals surface area contributed by atoms with Crippen molar-refractivity contribution in [1.82, 2.24) is 0 Å². The molecule has 0 spiro atoms. The van der Waals surface area contributed by atoms with Gasteiger partial charge in [0.2, 0.25) is 0 Å². The van der Waals surface area contributed by atoms with Crippen LogP contribution in [0.15, 0.2) is 12.2 Å². The van der Waals surface area contributed by atoms with Gasteiger partial charge in [0.15, 0.2) is 0 Å². The highest BCUT2D eigenvalue weighted by molar-refractivity contribution is 5.68. The van der Waals surface area contributed by atoms with Gasteiger partial charge >= 0.3 is 5.97 Å². The molecular weight excluding hydrogens is 339 g/mol. The topological polar surface area (TPSA) is 26.3 Å². The Morgan fingerprint density at radius 3 is 2.59 bits per heavy atom. The Bertz CT molecular complexity index is 428. The van der Waals surface area contributed by atoms with E-state index >= 15 is 0 Å². The fraction of sp³-hybridized carbons (Fsp3) is 0.875. The summed E-state index contributed by atoms with van der Waals surface area (Å²) in [7, 11) is 1.46. The summed E-state index contributed by atoms with van der Waals surface area (Å²) < 4.78 is 19.0. The summed E-state index contributed by atoms with van der Waals surface area (Å²) in [6.45, 7) is 0. The van der Waals surface area contributed by atoms with E-state index in [4.69, 9.17) is 0 Å². The van der Waals surface area contributed by atoms with Crippen molar-refractivity contribution >= 4 is 5.97 Å². The van der Waals surface area contributed by atoms with E-state index in [-0.39, 0.29) is 5.97 Å². The molecule has 0 amide bonds. The SMILES string of the molecule is COC(=O)CCCCCC[C@H]1CCC[C@@H]1C=CC[C@@H](F)CC1CCCCC1. The van der Waals surface area contributed by atoms with Crippen molar-refractivity contribution < 1.29 is 13.9 Å². The molecule has 0 radical (unpaired) electrons. The number of carbonyl (C=O) groups is 1. The highest BCUT2D eigenvalue weighted by Crippen LogP contribution is 2.36. The molecule has 156 valence electrons. The molecule has 2 rings (SSSR count). The summed E-state index contributed by atoms with van der Waals surface area (Å²) in [5.41, 5.74) is 0. The van der Waals surface area contributed by atoms with Crippen LogP contribution in [0.1, 0.15) is 103 Å². The van der Waals surface area contributed by atoms with E-state index in [1.807, 2.05) is 0 Å². The first kappa shape index (κ1) is 22.4. The van der Waals surface area contributed by atoms with Crippen molar-refractivity contribution in [2.45, 2.75) is 109 Å². The fourth-order valence-electron chi connectivity index (χ4n) is 5.09. The maximum absolute atomic E-state index is 14.3. The fourth-order valence-corrected chi connectivity index (χ4v) is 5.09. The minimum Gasteiger partial charge on any atom is -0.469 e. The number of methoxy groups -OCH3 is 1. The largest absolute Gasteiger partial charge is 0.469 e. The molecular formula is C24H41FO2. The molecule has 2 fully saturated rings. The van der Waals surface area contributed by atoms with Crippen LogP contribution in [-0.2, 0) is 9.53 Å². The number of hydrogen-bond donors (Lipinski definition) is 0. The van der Waals surface area contributed by atoms with Crippen molar-refractivity contribution in [3.63, 3.8) is 0 Å². The van der Waals surface area contributed by atoms with Gasteiger partial charge in [0.25, 0.3) is 0 Å². The first-order chi connectivity index (χ1) is 13.2. The number of ether oxygens (including phenoxy) is 1. The predicted octanol–water partition coefficient (Wildman–Crippen LogP) is 7.17. The van der Waals surface area contributed by atoms with Gasteiger partial charge in [-0.3, -0.25) is 4.79 Å². The van der Waals surface area contributed by atoms with Gasteiger partial charge in [0.1, 0.15) is 6.17 Å². The number of alkyl halides is 1. The number of carbonyl (C=O) groups excluding carboxylic acids is 1. The van der Waals surface area contributed by atoms with Crippen molar-refractivity contribution in [1.29, 1.82) is 0 Å². The van der Waals surface area contributed by atoms with E-state index in [9.17, 15) is 9.18 Å². The van der Waals surface area contributed by atoms with E-state index in [2.05, 4.69) is 16.9 Å². The van der Waals surface area contributed by atoms with E-state index in [1.54, 1.807) is 0 Å². The minimum atomic E-state index is -0.640. The van der Waals surface area contributed by atoms with Crippen LogP contribution in [0.2, 0.25) is 0 Å². The highest BCUT2D eigenvalue weighted by atomic mass is 19.1. The van der Waals surface area contributed by atoms with Crippen LogP contribution >= 0.6 is 0 Å². The van der Waals surface area contributed by atoms with Crippen LogP contribution in [0.25, 0.3) is 0 Å². The van der Waals surface area contributed by atoms with Crippen LogP contribution in [0, 0.1) is 17.8 Å². The van der Waals surface area contributed by atoms with Gasteiger partial charge in [-0.2, -0.15) is 0 Å². The van der Waals surface area contributed by atoms with Crippen LogP contribution in [0.5, 0.6) is 0 Å². The van der Waals surface area contributed by atoms with E-state index < -0.39 is 6.17 Å². The van der Waals surface area contributed by atoms with Crippen LogP contribution in [0.3, 0.4) is 0 Å². The Balaban J connectivity index is 1.56. The zero-order valence-electron chi connectivity index (χ0n) is 17.5. The van der Waals surface area contributed by atoms with Crippen LogP contribution in [-0.4, -0.2) is 19.3 Å². The summed E-state index contributed by atoms with van der Waals surface area (Å²) in [5, 5.41) is 0. The van der Waals surface area contributed by atoms with Crippen molar-refractivity contribution in [2.75, 3.05) is 7.11 Å². The van der Waals surface area contributed by atoms with Crippen LogP contribution in [0.4, 0.5) is 4.39 Å². The Hall–Kier alpha value is -0.860. The molecule has 2 aliphatic rings. The molecule has 27 heavy (non-hydrogen) atoms. The lowest BCUT2D eigenvalue weighted by atomic mass is 9.85. The average Bonchev–Trinajstić information content (AvgIpc) is 3.12. The number of rotatable bonds is 12. The molecule has 0 heterocycles. The second-order valence-corrected chi connectivity index (χ2v) is 8.88. The molecule has 0 aromatic heterocycles. The lowest BCUT2D eigenvalue weighted by molar-refractivity contribution is -0.140. The second kappa shape index (κ2) is 13.3. The first-order valence-corrected chi connectivity index (χ1v) is 11.6. The third kappa shape index (κ3) is 9.25. The number of halogens is 1. The van der Waals surface area contributed by atoms with Gasteiger partial charge < -0.3 is 4.74 Å². The standard InChI is InChI=1S/C24H41FO2/c1-27-24(26)18-8-3-2-7-13-21-14-9-15-22(21)16-10-17-23(25)19-20-11-5-4-6-12-20/h10,16,20-23H,2-9,11-15,17-19H2,1H3/t21-,22+,23+/m0/s1. The smallest absolute Gasteiger partial charge is 0.305 e. The molecule has 2 saturated carbocycles. The van der Waals surface area contributed by atoms with Crippen molar-refractivity contribution in [2.24, 2.45) is 17.8 Å². The maximum Gasteiger partial charge on any atom is 0.305 e. The zero-order chi connectivity index (χ0) is 19.3. The first-order valence-electron chi connectivity index (χ1n) is 11.6. The second-order valence-electron chi connectivity index (χ2n) is 8.88. The van der Waals surface area contributed by atoms with Gasteiger partial charge in [0.05, 0.1) is 7.11 Å². The van der Waals surface area contributed by atoms with Crippen molar-refractivity contribution in [3.05, 3.63) is 12.2 Å². The van der Waals surface area contributed by atoms with E-state index in [0.717, 1.165) is 25.2 Å². The summed E-state index contributed by atoms with van der Waals surface area (Å²) in [6, 6.07) is 0. The summed E-state index contributed by atoms with van der Waals surface area (Å²) in [5.74, 6) is 2.01. The molecule has 0 saturated heterocycles. The number of allylic oxidation sites excluding steroid dienone is 2. The quantitative estimate of drug-likeness (QED) is 0.204. The number of hydrogen-bond acceptors (Lipinski definition) is 2. The van der Waals surface area contributed by atoms with E-state index in [0.29, 0.717) is 24.7 Å². The monoisotopic (exact) mass is 380 g/mol. The Labute approximate surface area is 166 Å². The third-order valence-electron chi connectivity index (χ3n) is 6.74. The number of esters is 1. The zero-order valence-corrected chi connectivity index (χ0v) is 17.5. The Morgan fingerprint density at radius 2 is 1.81 bits per heavy atom. The van der Waals surface area contributed by atoms with Gasteiger partial charge in [-0.1, -0.05) is 69.9 Å². The van der Waals surface area contributed by atoms with Crippen LogP contribution < -0.4 is 0 Å². The van der Waals surface area contributed by atoms with Gasteiger partial charge in [-0.05, 0) is 56.3 Å². The molecule has 3 atom stereocenters. The summed E-state index contributed by atoms with van der Waals surface area (Å²) in [4.78, 5) is 11.1. The molecule has 0 aromatic carbocycles.